The van der Waals surface area contributed by atoms with E-state index in [0.29, 0.717) is 5.54 Å². The van der Waals surface area contributed by atoms with Gasteiger partial charge in [0.05, 0.1) is 0 Å². The molecule has 0 aromatic heterocycles. The normalized spacial score (nSPS) is 37.1. The third-order valence-corrected chi connectivity index (χ3v) is 4.47. The lowest BCUT2D eigenvalue weighted by Crippen LogP contribution is -2.61. The Hall–Kier alpha value is -0.0800. The summed E-state index contributed by atoms with van der Waals surface area (Å²) >= 11 is 0. The molecule has 1 saturated heterocycles. The molecule has 2 nitrogen and oxygen atoms in total. The number of likely N-dealkylation sites (tertiary alicyclic amines) is 1. The van der Waals surface area contributed by atoms with Gasteiger partial charge in [-0.2, -0.15) is 0 Å². The predicted octanol–water partition coefficient (Wildman–Crippen LogP) is 2.13. The first-order valence-electron chi connectivity index (χ1n) is 6.22. The number of rotatable bonds is 3. The van der Waals surface area contributed by atoms with E-state index in [-0.39, 0.29) is 0 Å². The van der Waals surface area contributed by atoms with Crippen LogP contribution in [0.1, 0.15) is 52.4 Å². The van der Waals surface area contributed by atoms with Crippen molar-refractivity contribution in [3.8, 4) is 0 Å². The maximum absolute atomic E-state index is 5.99. The lowest BCUT2D eigenvalue weighted by Gasteiger charge is -2.52. The van der Waals surface area contributed by atoms with Gasteiger partial charge >= 0.3 is 0 Å². The molecule has 2 N–H and O–H groups in total. The van der Waals surface area contributed by atoms with E-state index < -0.39 is 0 Å². The van der Waals surface area contributed by atoms with Gasteiger partial charge in [0.1, 0.15) is 0 Å². The summed E-state index contributed by atoms with van der Waals surface area (Å²) < 4.78 is 0. The number of nitrogens with zero attached hydrogens (tertiary/aromatic N) is 1. The van der Waals surface area contributed by atoms with Crippen molar-refractivity contribution in [3.05, 3.63) is 0 Å². The van der Waals surface area contributed by atoms with E-state index in [1.54, 1.807) is 0 Å². The van der Waals surface area contributed by atoms with Gasteiger partial charge in [-0.15, -0.1) is 0 Å². The van der Waals surface area contributed by atoms with Crippen molar-refractivity contribution in [2.75, 3.05) is 6.54 Å². The molecule has 2 atom stereocenters. The monoisotopic (exact) mass is 196 g/mol. The maximum atomic E-state index is 5.99. The average Bonchev–Trinajstić information content (AvgIpc) is 2.48. The smallest absolute Gasteiger partial charge is 0.0337 e. The van der Waals surface area contributed by atoms with Gasteiger partial charge in [0.25, 0.3) is 0 Å². The second-order valence-corrected chi connectivity index (χ2v) is 5.18. The summed E-state index contributed by atoms with van der Waals surface area (Å²) in [6.07, 6.45) is 8.12. The summed E-state index contributed by atoms with van der Waals surface area (Å²) in [6, 6.07) is 1.58. The molecule has 0 aromatic rings. The highest BCUT2D eigenvalue weighted by Crippen LogP contribution is 2.44. The van der Waals surface area contributed by atoms with E-state index in [9.17, 15) is 0 Å². The van der Waals surface area contributed by atoms with Crippen molar-refractivity contribution in [3.63, 3.8) is 0 Å². The zero-order chi connectivity index (χ0) is 10.2. The highest BCUT2D eigenvalue weighted by molar-refractivity contribution is 5.04. The second-order valence-electron chi connectivity index (χ2n) is 5.18. The van der Waals surface area contributed by atoms with Crippen LogP contribution in [0.2, 0.25) is 0 Å². The third-order valence-electron chi connectivity index (χ3n) is 4.47. The number of nitrogens with two attached hydrogens (primary N) is 1. The van der Waals surface area contributed by atoms with Gasteiger partial charge in [-0.05, 0) is 45.4 Å². The molecular weight excluding hydrogens is 172 g/mol. The molecule has 2 aliphatic rings. The second kappa shape index (κ2) is 3.82. The fourth-order valence-electron chi connectivity index (χ4n) is 3.48. The topological polar surface area (TPSA) is 29.3 Å². The van der Waals surface area contributed by atoms with Gasteiger partial charge in [-0.25, -0.2) is 0 Å². The van der Waals surface area contributed by atoms with E-state index in [2.05, 4.69) is 18.7 Å². The van der Waals surface area contributed by atoms with Crippen LogP contribution in [0.5, 0.6) is 0 Å². The quantitative estimate of drug-likeness (QED) is 0.749. The highest BCUT2D eigenvalue weighted by atomic mass is 15.3. The fraction of sp³-hybridized carbons (Fsp3) is 1.00. The minimum atomic E-state index is 0.399. The molecule has 0 aromatic carbocycles. The minimum Gasteiger partial charge on any atom is -0.329 e. The van der Waals surface area contributed by atoms with Crippen molar-refractivity contribution < 1.29 is 0 Å². The van der Waals surface area contributed by atoms with Crippen LogP contribution >= 0.6 is 0 Å². The van der Waals surface area contributed by atoms with E-state index in [1.165, 1.54) is 38.5 Å². The highest BCUT2D eigenvalue weighted by Gasteiger charge is 2.47. The van der Waals surface area contributed by atoms with Gasteiger partial charge in [-0.3, -0.25) is 4.90 Å². The van der Waals surface area contributed by atoms with E-state index in [1.807, 2.05) is 0 Å². The largest absolute Gasteiger partial charge is 0.329 e. The maximum Gasteiger partial charge on any atom is 0.0337 e. The molecule has 2 fully saturated rings. The van der Waals surface area contributed by atoms with Gasteiger partial charge in [0, 0.05) is 24.2 Å². The summed E-state index contributed by atoms with van der Waals surface area (Å²) in [4.78, 5) is 2.76. The SMILES string of the molecule is CCC1CCC(C)N1C1(CN)CCC1. The Kier molecular flexibility index (Phi) is 2.85. The molecule has 2 unspecified atom stereocenters. The molecule has 1 saturated carbocycles. The van der Waals surface area contributed by atoms with E-state index in [4.69, 9.17) is 5.73 Å². The van der Waals surface area contributed by atoms with Crippen LogP contribution in [-0.4, -0.2) is 29.1 Å². The van der Waals surface area contributed by atoms with Crippen molar-refractivity contribution >= 4 is 0 Å². The van der Waals surface area contributed by atoms with Crippen molar-refractivity contribution in [1.29, 1.82) is 0 Å². The molecule has 1 aliphatic carbocycles. The molecule has 0 bridgehead atoms. The van der Waals surface area contributed by atoms with Crippen LogP contribution in [0.15, 0.2) is 0 Å². The van der Waals surface area contributed by atoms with Gasteiger partial charge in [0.15, 0.2) is 0 Å². The molecule has 1 aliphatic heterocycles. The first-order valence-corrected chi connectivity index (χ1v) is 6.22. The summed E-state index contributed by atoms with van der Waals surface area (Å²) in [7, 11) is 0. The van der Waals surface area contributed by atoms with Crippen molar-refractivity contribution in [2.24, 2.45) is 5.73 Å². The lowest BCUT2D eigenvalue weighted by molar-refractivity contribution is -0.0128. The first kappa shape index (κ1) is 10.4. The zero-order valence-corrected chi connectivity index (χ0v) is 9.63. The molecule has 1 heterocycles. The summed E-state index contributed by atoms with van der Waals surface area (Å²) in [6.45, 7) is 5.57. The molecule has 0 radical (unpaired) electrons. The Morgan fingerprint density at radius 2 is 2.07 bits per heavy atom. The van der Waals surface area contributed by atoms with Gasteiger partial charge in [-0.1, -0.05) is 6.92 Å². The average molecular weight is 196 g/mol. The predicted molar refractivity (Wildman–Crippen MR) is 60.3 cm³/mol. The number of hydrogen-bond acceptors (Lipinski definition) is 2. The fourth-order valence-corrected chi connectivity index (χ4v) is 3.48. The molecule has 2 rings (SSSR count). The van der Waals surface area contributed by atoms with Crippen LogP contribution in [-0.2, 0) is 0 Å². The van der Waals surface area contributed by atoms with E-state index >= 15 is 0 Å². The Morgan fingerprint density at radius 1 is 1.36 bits per heavy atom. The molecule has 14 heavy (non-hydrogen) atoms. The minimum absolute atomic E-state index is 0.399. The van der Waals surface area contributed by atoms with Crippen LogP contribution in [0.25, 0.3) is 0 Å². The standard InChI is InChI=1S/C12H24N2/c1-3-11-6-5-10(2)14(11)12(9-13)7-4-8-12/h10-11H,3-9,13H2,1-2H3. The third kappa shape index (κ3) is 1.40. The zero-order valence-electron chi connectivity index (χ0n) is 9.63. The summed E-state index contributed by atoms with van der Waals surface area (Å²) in [5.74, 6) is 0. The molecule has 0 spiro atoms. The van der Waals surface area contributed by atoms with E-state index in [0.717, 1.165) is 18.6 Å². The Balaban J connectivity index is 2.13. The van der Waals surface area contributed by atoms with Gasteiger partial charge < -0.3 is 5.73 Å². The van der Waals surface area contributed by atoms with Crippen LogP contribution in [0.3, 0.4) is 0 Å². The molecule has 2 heteroatoms. The summed E-state index contributed by atoms with van der Waals surface area (Å²) in [5, 5.41) is 0. The summed E-state index contributed by atoms with van der Waals surface area (Å²) in [5.41, 5.74) is 6.39. The van der Waals surface area contributed by atoms with Gasteiger partial charge in [0.2, 0.25) is 0 Å². The van der Waals surface area contributed by atoms with Crippen molar-refractivity contribution in [2.45, 2.75) is 70.0 Å². The molecule has 0 amide bonds. The Labute approximate surface area is 87.8 Å². The molecule has 82 valence electrons. The van der Waals surface area contributed by atoms with Crippen LogP contribution in [0.4, 0.5) is 0 Å². The van der Waals surface area contributed by atoms with Crippen molar-refractivity contribution in [1.82, 2.24) is 4.90 Å². The molecular formula is C12H24N2. The lowest BCUT2D eigenvalue weighted by atomic mass is 9.74. The van der Waals surface area contributed by atoms with Crippen LogP contribution < -0.4 is 5.73 Å². The first-order chi connectivity index (χ1) is 6.73. The Bertz CT molecular complexity index is 193. The number of hydrogen-bond donors (Lipinski definition) is 1. The van der Waals surface area contributed by atoms with Crippen LogP contribution in [0, 0.1) is 0 Å². The Morgan fingerprint density at radius 3 is 2.50 bits per heavy atom.